The zero-order valence-electron chi connectivity index (χ0n) is 18.2. The van der Waals surface area contributed by atoms with Crippen molar-refractivity contribution in [2.45, 2.75) is 30.3 Å². The Hall–Kier alpha value is -3.04. The molecule has 0 aliphatic carbocycles. The molecule has 2 heterocycles. The van der Waals surface area contributed by atoms with Gasteiger partial charge in [0.2, 0.25) is 5.91 Å². The molecule has 168 valence electrons. The molecule has 9 heteroatoms. The Morgan fingerprint density at radius 1 is 1.19 bits per heavy atom. The Balaban J connectivity index is 1.58. The summed E-state index contributed by atoms with van der Waals surface area (Å²) in [6, 6.07) is 12.3. The second kappa shape index (κ2) is 9.62. The van der Waals surface area contributed by atoms with Crippen molar-refractivity contribution in [2.24, 2.45) is 0 Å². The highest BCUT2D eigenvalue weighted by Gasteiger charge is 2.22. The van der Waals surface area contributed by atoms with Crippen molar-refractivity contribution < 1.29 is 19.0 Å². The predicted molar refractivity (Wildman–Crippen MR) is 124 cm³/mol. The van der Waals surface area contributed by atoms with Gasteiger partial charge in [-0.05, 0) is 38.1 Å². The van der Waals surface area contributed by atoms with Gasteiger partial charge in [0.05, 0.1) is 28.8 Å². The number of benzene rings is 2. The first-order valence-corrected chi connectivity index (χ1v) is 11.2. The summed E-state index contributed by atoms with van der Waals surface area (Å²) in [4.78, 5) is 30.7. The molecule has 0 unspecified atom stereocenters. The second-order valence-electron chi connectivity index (χ2n) is 7.50. The summed E-state index contributed by atoms with van der Waals surface area (Å²) >= 11 is 1.24. The number of aromatic nitrogens is 2. The first-order chi connectivity index (χ1) is 15.5. The number of hydrogen-bond donors (Lipinski definition) is 1. The first-order valence-electron chi connectivity index (χ1n) is 10.4. The third-order valence-corrected chi connectivity index (χ3v) is 6.15. The number of carbonyl (C=O) groups excluding carboxylic acids is 1. The molecular weight excluding hydrogens is 430 g/mol. The topological polar surface area (TPSA) is 91.7 Å². The minimum Gasteiger partial charge on any atom is -0.486 e. The summed E-state index contributed by atoms with van der Waals surface area (Å²) in [7, 11) is 1.59. The highest BCUT2D eigenvalue weighted by atomic mass is 32.2. The normalized spacial score (nSPS) is 14.7. The number of nitrogens with zero attached hydrogens (tertiary/aromatic N) is 2. The molecule has 3 aromatic rings. The largest absolute Gasteiger partial charge is 0.486 e. The molecule has 1 aliphatic rings. The van der Waals surface area contributed by atoms with E-state index in [0.717, 1.165) is 0 Å². The monoisotopic (exact) mass is 455 g/mol. The summed E-state index contributed by atoms with van der Waals surface area (Å²) < 4.78 is 18.0. The number of carbonyl (C=O) groups is 1. The Morgan fingerprint density at radius 2 is 1.94 bits per heavy atom. The molecule has 1 N–H and O–H groups in total. The minimum atomic E-state index is -0.503. The average Bonchev–Trinajstić information content (AvgIpc) is 2.79. The van der Waals surface area contributed by atoms with Crippen LogP contribution in [0.25, 0.3) is 10.9 Å². The van der Waals surface area contributed by atoms with Crippen molar-refractivity contribution in [3.8, 4) is 11.5 Å². The average molecular weight is 456 g/mol. The number of hydrogen-bond acceptors (Lipinski definition) is 7. The van der Waals surface area contributed by atoms with E-state index in [1.54, 1.807) is 48.9 Å². The molecule has 1 aliphatic heterocycles. The van der Waals surface area contributed by atoms with Crippen molar-refractivity contribution in [1.82, 2.24) is 9.55 Å². The smallest absolute Gasteiger partial charge is 0.262 e. The molecule has 0 radical (unpaired) electrons. The molecule has 0 saturated heterocycles. The van der Waals surface area contributed by atoms with Gasteiger partial charge in [-0.3, -0.25) is 14.2 Å². The summed E-state index contributed by atoms with van der Waals surface area (Å²) in [6.07, 6.45) is 0. The van der Waals surface area contributed by atoms with Gasteiger partial charge in [0.1, 0.15) is 13.2 Å². The zero-order valence-corrected chi connectivity index (χ0v) is 19.0. The van der Waals surface area contributed by atoms with E-state index in [1.807, 2.05) is 19.1 Å². The van der Waals surface area contributed by atoms with E-state index in [9.17, 15) is 9.59 Å². The van der Waals surface area contributed by atoms with Crippen LogP contribution in [0.3, 0.4) is 0 Å². The molecule has 2 aromatic carbocycles. The fourth-order valence-electron chi connectivity index (χ4n) is 3.49. The van der Waals surface area contributed by atoms with Crippen LogP contribution in [-0.2, 0) is 9.53 Å². The van der Waals surface area contributed by atoms with Crippen LogP contribution in [-0.4, -0.2) is 47.6 Å². The van der Waals surface area contributed by atoms with Gasteiger partial charge in [-0.1, -0.05) is 23.9 Å². The first kappa shape index (κ1) is 22.2. The number of fused-ring (bicyclic) bond motifs is 2. The van der Waals surface area contributed by atoms with Crippen LogP contribution in [0, 0.1) is 0 Å². The molecule has 32 heavy (non-hydrogen) atoms. The number of nitrogens with one attached hydrogen (secondary N) is 1. The maximum Gasteiger partial charge on any atom is 0.262 e. The minimum absolute atomic E-state index is 0.151. The molecule has 0 saturated carbocycles. The number of amides is 1. The van der Waals surface area contributed by atoms with Crippen LogP contribution in [0.1, 0.15) is 19.9 Å². The second-order valence-corrected chi connectivity index (χ2v) is 8.81. The summed E-state index contributed by atoms with van der Waals surface area (Å²) in [5.41, 5.74) is 1.06. The van der Waals surface area contributed by atoms with Crippen LogP contribution >= 0.6 is 11.8 Å². The SMILES string of the molecule is COC[C@@H](C)n1c(S[C@@H](C)C(=O)Nc2ccc3c(c2)OCCO3)nc2ccccc2c1=O. The van der Waals surface area contributed by atoms with Crippen LogP contribution in [0.15, 0.2) is 52.4 Å². The number of methoxy groups -OCH3 is 1. The van der Waals surface area contributed by atoms with E-state index in [0.29, 0.717) is 53.1 Å². The summed E-state index contributed by atoms with van der Waals surface area (Å²) in [5.74, 6) is 1.06. The van der Waals surface area contributed by atoms with E-state index < -0.39 is 5.25 Å². The Morgan fingerprint density at radius 3 is 2.72 bits per heavy atom. The maximum atomic E-state index is 13.2. The van der Waals surface area contributed by atoms with Crippen LogP contribution in [0.5, 0.6) is 11.5 Å². The van der Waals surface area contributed by atoms with E-state index in [-0.39, 0.29) is 17.5 Å². The molecule has 0 bridgehead atoms. The molecule has 2 atom stereocenters. The van der Waals surface area contributed by atoms with Gasteiger partial charge in [-0.2, -0.15) is 0 Å². The van der Waals surface area contributed by atoms with E-state index in [4.69, 9.17) is 14.2 Å². The van der Waals surface area contributed by atoms with Crippen molar-refractivity contribution in [3.63, 3.8) is 0 Å². The van der Waals surface area contributed by atoms with E-state index >= 15 is 0 Å². The van der Waals surface area contributed by atoms with Gasteiger partial charge in [0, 0.05) is 18.9 Å². The van der Waals surface area contributed by atoms with Crippen LogP contribution in [0.4, 0.5) is 5.69 Å². The summed E-state index contributed by atoms with van der Waals surface area (Å²) in [6.45, 7) is 5.01. The van der Waals surface area contributed by atoms with Crippen LogP contribution in [0.2, 0.25) is 0 Å². The lowest BCUT2D eigenvalue weighted by molar-refractivity contribution is -0.115. The number of para-hydroxylation sites is 1. The standard InChI is InChI=1S/C23H25N3O5S/c1-14(13-29-3)26-22(28)17-6-4-5-7-18(17)25-23(26)32-15(2)21(27)24-16-8-9-19-20(12-16)31-11-10-30-19/h4-9,12,14-15H,10-11,13H2,1-3H3,(H,24,27)/t14-,15+/m1/s1. The fraction of sp³-hybridized carbons (Fsp3) is 0.348. The van der Waals surface area contributed by atoms with Crippen molar-refractivity contribution in [1.29, 1.82) is 0 Å². The van der Waals surface area contributed by atoms with E-state index in [2.05, 4.69) is 10.3 Å². The van der Waals surface area contributed by atoms with Gasteiger partial charge < -0.3 is 19.5 Å². The molecule has 4 rings (SSSR count). The third-order valence-electron chi connectivity index (χ3n) is 5.09. The number of thioether (sulfide) groups is 1. The molecule has 8 nitrogen and oxygen atoms in total. The van der Waals surface area contributed by atoms with E-state index in [1.165, 1.54) is 11.8 Å². The van der Waals surface area contributed by atoms with Gasteiger partial charge in [0.15, 0.2) is 16.7 Å². The summed E-state index contributed by atoms with van der Waals surface area (Å²) in [5, 5.41) is 3.41. The fourth-order valence-corrected chi connectivity index (χ4v) is 4.50. The van der Waals surface area contributed by atoms with Crippen LogP contribution < -0.4 is 20.3 Å². The Bertz CT molecular complexity index is 1200. The quantitative estimate of drug-likeness (QED) is 0.431. The maximum absolute atomic E-state index is 13.2. The molecule has 1 amide bonds. The number of anilines is 1. The van der Waals surface area contributed by atoms with Gasteiger partial charge in [-0.15, -0.1) is 0 Å². The van der Waals surface area contributed by atoms with Gasteiger partial charge in [-0.25, -0.2) is 4.98 Å². The van der Waals surface area contributed by atoms with Gasteiger partial charge in [0.25, 0.3) is 5.56 Å². The third kappa shape index (κ3) is 4.58. The van der Waals surface area contributed by atoms with Crippen molar-refractivity contribution >= 4 is 34.3 Å². The zero-order chi connectivity index (χ0) is 22.7. The van der Waals surface area contributed by atoms with Crippen molar-refractivity contribution in [2.75, 3.05) is 32.2 Å². The number of ether oxygens (including phenoxy) is 3. The highest BCUT2D eigenvalue weighted by molar-refractivity contribution is 8.00. The number of rotatable bonds is 7. The molecule has 1 aromatic heterocycles. The Labute approximate surface area is 189 Å². The Kier molecular flexibility index (Phi) is 6.66. The molecule has 0 fully saturated rings. The highest BCUT2D eigenvalue weighted by Crippen LogP contribution is 2.33. The lowest BCUT2D eigenvalue weighted by Gasteiger charge is -2.21. The molecular formula is C23H25N3O5S. The lowest BCUT2D eigenvalue weighted by atomic mass is 10.2. The van der Waals surface area contributed by atoms with Crippen molar-refractivity contribution in [3.05, 3.63) is 52.8 Å². The van der Waals surface area contributed by atoms with Gasteiger partial charge >= 0.3 is 0 Å². The lowest BCUT2D eigenvalue weighted by Crippen LogP contribution is -2.30. The molecule has 0 spiro atoms. The predicted octanol–water partition coefficient (Wildman–Crippen LogP) is 3.49.